The van der Waals surface area contributed by atoms with Gasteiger partial charge in [-0.3, -0.25) is 4.90 Å². The summed E-state index contributed by atoms with van der Waals surface area (Å²) in [4.78, 5) is 22.4. The summed E-state index contributed by atoms with van der Waals surface area (Å²) in [5, 5.41) is 0. The van der Waals surface area contributed by atoms with Crippen molar-refractivity contribution in [2.45, 2.75) is 20.0 Å². The number of benzene rings is 1. The van der Waals surface area contributed by atoms with Crippen LogP contribution in [0.3, 0.4) is 0 Å². The number of rotatable bonds is 4. The molecule has 26 heavy (non-hydrogen) atoms. The minimum absolute atomic E-state index is 0.144. The molecule has 8 nitrogen and oxygen atoms in total. The second kappa shape index (κ2) is 7.11. The Bertz CT molecular complexity index is 859. The van der Waals surface area contributed by atoms with Crippen molar-refractivity contribution in [3.8, 4) is 22.8 Å². The highest BCUT2D eigenvalue weighted by Gasteiger charge is 2.30. The van der Waals surface area contributed by atoms with Crippen LogP contribution < -0.4 is 20.7 Å². The molecule has 136 valence electrons. The van der Waals surface area contributed by atoms with E-state index in [-0.39, 0.29) is 12.0 Å². The fourth-order valence-electron chi connectivity index (χ4n) is 3.08. The van der Waals surface area contributed by atoms with E-state index in [0.717, 1.165) is 16.6 Å². The maximum atomic E-state index is 12.1. The first-order chi connectivity index (χ1) is 12.5. The number of hydrogen-bond acceptors (Lipinski definition) is 7. The molecule has 2 aromatic rings. The molecule has 1 amide bonds. The molecule has 0 saturated carbocycles. The van der Waals surface area contributed by atoms with Gasteiger partial charge >= 0.3 is 6.09 Å². The highest BCUT2D eigenvalue weighted by molar-refractivity contribution is 6.34. The number of nitrogen functional groups attached to an aromatic ring is 1. The molecule has 2 heterocycles. The van der Waals surface area contributed by atoms with Crippen LogP contribution in [0.15, 0.2) is 12.1 Å². The van der Waals surface area contributed by atoms with E-state index in [1.165, 1.54) is 0 Å². The summed E-state index contributed by atoms with van der Waals surface area (Å²) < 4.78 is 16.1. The maximum absolute atomic E-state index is 12.1. The van der Waals surface area contributed by atoms with E-state index in [2.05, 4.69) is 9.97 Å². The van der Waals surface area contributed by atoms with Crippen LogP contribution in [0, 0.1) is 0 Å². The third-order valence-corrected chi connectivity index (χ3v) is 4.30. The van der Waals surface area contributed by atoms with Crippen molar-refractivity contribution in [3.05, 3.63) is 23.4 Å². The third kappa shape index (κ3) is 3.12. The van der Waals surface area contributed by atoms with E-state index in [1.807, 2.05) is 20.0 Å². The summed E-state index contributed by atoms with van der Waals surface area (Å²) in [6.45, 7) is 2.77. The standard InChI is InChI=1S/C17H21BN4O4/c1-4-26-17(23)22-7-10-12(8-22)20-16(19)21-15(10)9-5-14(25-3)11(18)6-13(9)24-2/h5-6H,4,7-8,18H2,1-3H3,(H2,19,20,21). The molecule has 1 aromatic heterocycles. The van der Waals surface area contributed by atoms with E-state index in [1.54, 1.807) is 26.0 Å². The molecule has 0 unspecified atom stereocenters. The number of ether oxygens (including phenoxy) is 3. The number of nitrogens with two attached hydrogens (primary N) is 1. The van der Waals surface area contributed by atoms with Crippen molar-refractivity contribution in [2.75, 3.05) is 26.6 Å². The van der Waals surface area contributed by atoms with Crippen LogP contribution in [0.25, 0.3) is 11.3 Å². The minimum atomic E-state index is -0.386. The van der Waals surface area contributed by atoms with Gasteiger partial charge in [0.1, 0.15) is 19.3 Å². The number of carbonyl (C=O) groups excluding carboxylic acids is 1. The van der Waals surface area contributed by atoms with Crippen molar-refractivity contribution < 1.29 is 19.0 Å². The Morgan fingerprint density at radius 2 is 1.96 bits per heavy atom. The molecular formula is C17H21BN4O4. The molecular weight excluding hydrogens is 335 g/mol. The second-order valence-electron chi connectivity index (χ2n) is 5.93. The smallest absolute Gasteiger partial charge is 0.410 e. The fraction of sp³-hybridized carbons (Fsp3) is 0.353. The Balaban J connectivity index is 2.11. The molecule has 0 spiro atoms. The first kappa shape index (κ1) is 17.8. The zero-order valence-electron chi connectivity index (χ0n) is 15.3. The predicted molar refractivity (Wildman–Crippen MR) is 99.4 cm³/mol. The number of carbonyl (C=O) groups is 1. The molecule has 1 aliphatic heterocycles. The van der Waals surface area contributed by atoms with Gasteiger partial charge in [-0.05, 0) is 24.5 Å². The van der Waals surface area contributed by atoms with E-state index in [4.69, 9.17) is 19.9 Å². The number of fused-ring (bicyclic) bond motifs is 1. The Morgan fingerprint density at radius 1 is 1.23 bits per heavy atom. The average molecular weight is 356 g/mol. The molecule has 0 radical (unpaired) electrons. The minimum Gasteiger partial charge on any atom is -0.497 e. The second-order valence-corrected chi connectivity index (χ2v) is 5.93. The predicted octanol–water partition coefficient (Wildman–Crippen LogP) is 0.473. The summed E-state index contributed by atoms with van der Waals surface area (Å²) in [7, 11) is 5.15. The van der Waals surface area contributed by atoms with Crippen molar-refractivity contribution in [2.24, 2.45) is 0 Å². The first-order valence-corrected chi connectivity index (χ1v) is 8.28. The lowest BCUT2D eigenvalue weighted by molar-refractivity contribution is 0.106. The van der Waals surface area contributed by atoms with E-state index >= 15 is 0 Å². The van der Waals surface area contributed by atoms with Gasteiger partial charge in [0, 0.05) is 11.1 Å². The molecule has 0 saturated heterocycles. The Morgan fingerprint density at radius 3 is 2.62 bits per heavy atom. The molecule has 9 heteroatoms. The van der Waals surface area contributed by atoms with Crippen LogP contribution in [0.1, 0.15) is 18.2 Å². The summed E-state index contributed by atoms with van der Waals surface area (Å²) in [6.07, 6.45) is -0.386. The van der Waals surface area contributed by atoms with Gasteiger partial charge in [0.25, 0.3) is 0 Å². The van der Waals surface area contributed by atoms with E-state index < -0.39 is 0 Å². The number of amides is 1. The highest BCUT2D eigenvalue weighted by Crippen LogP contribution is 2.37. The van der Waals surface area contributed by atoms with Gasteiger partial charge in [0.05, 0.1) is 45.3 Å². The van der Waals surface area contributed by atoms with Gasteiger partial charge in [-0.15, -0.1) is 0 Å². The SMILES string of the molecule is Bc1cc(OC)c(-c2nc(N)nc3c2CN(C(=O)OCC)C3)cc1OC. The van der Waals surface area contributed by atoms with Crippen molar-refractivity contribution in [3.63, 3.8) is 0 Å². The summed E-state index contributed by atoms with van der Waals surface area (Å²) in [6, 6.07) is 3.75. The van der Waals surface area contributed by atoms with Crippen LogP contribution in [-0.2, 0) is 17.8 Å². The fourth-order valence-corrected chi connectivity index (χ4v) is 3.08. The number of hydrogen-bond donors (Lipinski definition) is 1. The van der Waals surface area contributed by atoms with Crippen molar-refractivity contribution in [1.82, 2.24) is 14.9 Å². The van der Waals surface area contributed by atoms with E-state index in [0.29, 0.717) is 42.6 Å². The van der Waals surface area contributed by atoms with E-state index in [9.17, 15) is 4.79 Å². The molecule has 1 aliphatic rings. The zero-order valence-corrected chi connectivity index (χ0v) is 15.3. The summed E-state index contributed by atoms with van der Waals surface area (Å²) in [5.74, 6) is 1.51. The number of nitrogens with zero attached hydrogens (tertiary/aromatic N) is 3. The van der Waals surface area contributed by atoms with Gasteiger partial charge in [0.2, 0.25) is 5.95 Å². The lowest BCUT2D eigenvalue weighted by atomic mass is 9.91. The largest absolute Gasteiger partial charge is 0.497 e. The lowest BCUT2D eigenvalue weighted by Crippen LogP contribution is -2.26. The van der Waals surface area contributed by atoms with Crippen LogP contribution >= 0.6 is 0 Å². The van der Waals surface area contributed by atoms with Crippen LogP contribution in [-0.4, -0.2) is 49.6 Å². The molecule has 0 atom stereocenters. The molecule has 0 bridgehead atoms. The first-order valence-electron chi connectivity index (χ1n) is 8.28. The van der Waals surface area contributed by atoms with Gasteiger partial charge in [-0.1, -0.05) is 0 Å². The number of anilines is 1. The highest BCUT2D eigenvalue weighted by atomic mass is 16.6. The normalized spacial score (nSPS) is 12.7. The molecule has 1 aromatic carbocycles. The Kier molecular flexibility index (Phi) is 4.88. The lowest BCUT2D eigenvalue weighted by Gasteiger charge is -2.16. The number of aromatic nitrogens is 2. The van der Waals surface area contributed by atoms with Crippen molar-refractivity contribution >= 4 is 25.4 Å². The number of methoxy groups -OCH3 is 2. The maximum Gasteiger partial charge on any atom is 0.410 e. The topological polar surface area (TPSA) is 99.8 Å². The molecule has 0 aliphatic carbocycles. The molecule has 3 rings (SSSR count). The average Bonchev–Trinajstić information content (AvgIpc) is 3.05. The van der Waals surface area contributed by atoms with Crippen molar-refractivity contribution in [1.29, 1.82) is 0 Å². The van der Waals surface area contributed by atoms with Crippen LogP contribution in [0.5, 0.6) is 11.5 Å². The van der Waals surface area contributed by atoms with Gasteiger partial charge < -0.3 is 19.9 Å². The Hall–Kier alpha value is -2.97. The zero-order chi connectivity index (χ0) is 18.8. The monoisotopic (exact) mass is 356 g/mol. The molecule has 2 N–H and O–H groups in total. The Labute approximate surface area is 152 Å². The third-order valence-electron chi connectivity index (χ3n) is 4.30. The van der Waals surface area contributed by atoms with Crippen LogP contribution in [0.4, 0.5) is 10.7 Å². The summed E-state index contributed by atoms with van der Waals surface area (Å²) in [5.41, 5.74) is 9.77. The van der Waals surface area contributed by atoms with Crippen LogP contribution in [0.2, 0.25) is 0 Å². The van der Waals surface area contributed by atoms with Gasteiger partial charge in [0.15, 0.2) is 0 Å². The van der Waals surface area contributed by atoms with Gasteiger partial charge in [-0.2, -0.15) is 0 Å². The molecule has 0 fully saturated rings. The quantitative estimate of drug-likeness (QED) is 0.795. The van der Waals surface area contributed by atoms with Gasteiger partial charge in [-0.25, -0.2) is 14.8 Å². The summed E-state index contributed by atoms with van der Waals surface area (Å²) >= 11 is 0.